The predicted octanol–water partition coefficient (Wildman–Crippen LogP) is 1.53. The predicted molar refractivity (Wildman–Crippen MR) is 88.3 cm³/mol. The number of esters is 1. The summed E-state index contributed by atoms with van der Waals surface area (Å²) in [5.74, 6) is -0.277. The van der Waals surface area contributed by atoms with Crippen molar-refractivity contribution in [1.29, 1.82) is 5.26 Å². The lowest BCUT2D eigenvalue weighted by Gasteiger charge is -2.12. The number of hydrogen-bond acceptors (Lipinski definition) is 7. The van der Waals surface area contributed by atoms with E-state index in [2.05, 4.69) is 15.1 Å². The molecule has 0 saturated heterocycles. The van der Waals surface area contributed by atoms with Crippen LogP contribution in [0.3, 0.4) is 0 Å². The molecule has 0 aliphatic rings. The number of carbonyl (C=O) groups is 1. The number of fused-ring (bicyclic) bond motifs is 1. The van der Waals surface area contributed by atoms with Crippen LogP contribution in [-0.2, 0) is 4.74 Å². The van der Waals surface area contributed by atoms with E-state index in [1.807, 2.05) is 6.07 Å². The molecule has 1 aromatic carbocycles. The zero-order chi connectivity index (χ0) is 18.0. The van der Waals surface area contributed by atoms with E-state index >= 15 is 0 Å². The van der Waals surface area contributed by atoms with Gasteiger partial charge < -0.3 is 4.74 Å². The van der Waals surface area contributed by atoms with Gasteiger partial charge in [0.1, 0.15) is 11.5 Å². The van der Waals surface area contributed by atoms with Gasteiger partial charge in [-0.3, -0.25) is 4.79 Å². The van der Waals surface area contributed by atoms with Crippen molar-refractivity contribution in [3.05, 3.63) is 57.9 Å². The Morgan fingerprint density at radius 1 is 1.32 bits per heavy atom. The smallest absolute Gasteiger partial charge is 0.362 e. The third kappa shape index (κ3) is 2.83. The minimum Gasteiger partial charge on any atom is -0.461 e. The number of ether oxygens (including phenoxy) is 1. The highest BCUT2D eigenvalue weighted by atomic mass is 16.5. The molecule has 0 amide bonds. The first-order valence-corrected chi connectivity index (χ1v) is 7.49. The van der Waals surface area contributed by atoms with Crippen LogP contribution >= 0.6 is 0 Å². The molecule has 2 heterocycles. The van der Waals surface area contributed by atoms with Crippen molar-refractivity contribution in [3.8, 4) is 11.8 Å². The number of benzene rings is 1. The highest BCUT2D eigenvalue weighted by Crippen LogP contribution is 2.18. The SMILES string of the molecule is CCOC(=O)c1nn(-c2cnc(C)nc2)c2cccc(C#N)c2c1=O. The molecule has 2 aromatic heterocycles. The van der Waals surface area contributed by atoms with Crippen molar-refractivity contribution in [1.82, 2.24) is 19.7 Å². The molecule has 25 heavy (non-hydrogen) atoms. The van der Waals surface area contributed by atoms with E-state index < -0.39 is 17.1 Å². The number of carbonyl (C=O) groups excluding carboxylic acids is 1. The lowest BCUT2D eigenvalue weighted by atomic mass is 10.1. The van der Waals surface area contributed by atoms with E-state index in [4.69, 9.17) is 4.74 Å². The molecule has 0 saturated carbocycles. The molecule has 0 aliphatic carbocycles. The van der Waals surface area contributed by atoms with Gasteiger partial charge in [0.15, 0.2) is 0 Å². The van der Waals surface area contributed by atoms with Gasteiger partial charge in [0.25, 0.3) is 0 Å². The quantitative estimate of drug-likeness (QED) is 0.667. The number of rotatable bonds is 3. The minimum atomic E-state index is -0.844. The second-order valence-electron chi connectivity index (χ2n) is 5.11. The molecule has 0 unspecified atom stereocenters. The van der Waals surface area contributed by atoms with Gasteiger partial charge in [0.05, 0.1) is 41.5 Å². The highest BCUT2D eigenvalue weighted by molar-refractivity contribution is 5.94. The van der Waals surface area contributed by atoms with Crippen LogP contribution in [0.5, 0.6) is 0 Å². The lowest BCUT2D eigenvalue weighted by molar-refractivity contribution is 0.0516. The molecule has 3 rings (SSSR count). The molecule has 0 atom stereocenters. The summed E-state index contributed by atoms with van der Waals surface area (Å²) in [5.41, 5.74) is -0.0504. The average molecular weight is 335 g/mol. The Hall–Kier alpha value is -3.60. The lowest BCUT2D eigenvalue weighted by Crippen LogP contribution is -2.24. The van der Waals surface area contributed by atoms with Gasteiger partial charge in [-0.15, -0.1) is 0 Å². The molecular weight excluding hydrogens is 322 g/mol. The average Bonchev–Trinajstić information content (AvgIpc) is 2.62. The standard InChI is InChI=1S/C17H13N5O3/c1-3-25-17(24)15-16(23)14-11(7-18)5-4-6-13(14)22(21-15)12-8-19-10(2)20-9-12/h4-6,8-9H,3H2,1-2H3. The molecule has 0 radical (unpaired) electrons. The van der Waals surface area contributed by atoms with E-state index in [-0.39, 0.29) is 17.6 Å². The molecule has 8 heteroatoms. The number of aryl methyl sites for hydroxylation is 1. The second kappa shape index (κ2) is 6.49. The molecule has 0 fully saturated rings. The summed E-state index contributed by atoms with van der Waals surface area (Å²) in [5, 5.41) is 13.6. The highest BCUT2D eigenvalue weighted by Gasteiger charge is 2.21. The van der Waals surface area contributed by atoms with Crippen LogP contribution in [0.15, 0.2) is 35.4 Å². The van der Waals surface area contributed by atoms with Crippen LogP contribution in [0.2, 0.25) is 0 Å². The van der Waals surface area contributed by atoms with E-state index in [9.17, 15) is 14.9 Å². The maximum atomic E-state index is 12.7. The first-order chi connectivity index (χ1) is 12.1. The third-order valence-corrected chi connectivity index (χ3v) is 3.51. The summed E-state index contributed by atoms with van der Waals surface area (Å²) in [6, 6.07) is 6.76. The van der Waals surface area contributed by atoms with Gasteiger partial charge in [-0.1, -0.05) is 6.07 Å². The molecule has 3 aromatic rings. The van der Waals surface area contributed by atoms with Crippen LogP contribution in [0.4, 0.5) is 0 Å². The number of hydrogen-bond donors (Lipinski definition) is 0. The van der Waals surface area contributed by atoms with Crippen LogP contribution in [0, 0.1) is 18.3 Å². The summed E-state index contributed by atoms with van der Waals surface area (Å²) in [6.45, 7) is 3.47. The van der Waals surface area contributed by atoms with Gasteiger partial charge in [0, 0.05) is 0 Å². The van der Waals surface area contributed by atoms with Crippen LogP contribution < -0.4 is 5.43 Å². The summed E-state index contributed by atoms with van der Waals surface area (Å²) in [4.78, 5) is 33.1. The second-order valence-corrected chi connectivity index (χ2v) is 5.11. The molecule has 0 spiro atoms. The first kappa shape index (κ1) is 16.3. The van der Waals surface area contributed by atoms with Crippen molar-refractivity contribution < 1.29 is 9.53 Å². The Morgan fingerprint density at radius 2 is 2.04 bits per heavy atom. The van der Waals surface area contributed by atoms with Gasteiger partial charge in [0.2, 0.25) is 11.1 Å². The van der Waals surface area contributed by atoms with Gasteiger partial charge in [-0.25, -0.2) is 19.4 Å². The Morgan fingerprint density at radius 3 is 2.68 bits per heavy atom. The summed E-state index contributed by atoms with van der Waals surface area (Å²) < 4.78 is 6.28. The Labute approximate surface area is 142 Å². The number of aromatic nitrogens is 4. The van der Waals surface area contributed by atoms with Crippen LogP contribution in [0.1, 0.15) is 28.8 Å². The van der Waals surface area contributed by atoms with Crippen molar-refractivity contribution >= 4 is 16.9 Å². The van der Waals surface area contributed by atoms with Gasteiger partial charge in [-0.2, -0.15) is 10.4 Å². The largest absolute Gasteiger partial charge is 0.461 e. The molecular formula is C17H13N5O3. The fourth-order valence-corrected chi connectivity index (χ4v) is 2.39. The Bertz CT molecular complexity index is 1060. The minimum absolute atomic E-state index is 0.101. The number of nitrogens with zero attached hydrogens (tertiary/aromatic N) is 5. The molecule has 0 bridgehead atoms. The summed E-state index contributed by atoms with van der Waals surface area (Å²) in [7, 11) is 0. The maximum Gasteiger partial charge on any atom is 0.362 e. The first-order valence-electron chi connectivity index (χ1n) is 7.49. The van der Waals surface area contributed by atoms with E-state index in [1.54, 1.807) is 26.0 Å². The van der Waals surface area contributed by atoms with Crippen LogP contribution in [0.25, 0.3) is 16.6 Å². The third-order valence-electron chi connectivity index (χ3n) is 3.51. The van der Waals surface area contributed by atoms with Crippen molar-refractivity contribution in [3.63, 3.8) is 0 Å². The maximum absolute atomic E-state index is 12.7. The van der Waals surface area contributed by atoms with Crippen molar-refractivity contribution in [2.45, 2.75) is 13.8 Å². The summed E-state index contributed by atoms with van der Waals surface area (Å²) >= 11 is 0. The van der Waals surface area contributed by atoms with Gasteiger partial charge >= 0.3 is 5.97 Å². The Balaban J connectivity index is 2.42. The molecule has 0 aliphatic heterocycles. The fourth-order valence-electron chi connectivity index (χ4n) is 2.39. The summed E-state index contributed by atoms with van der Waals surface area (Å²) in [6.07, 6.45) is 3.04. The fraction of sp³-hybridized carbons (Fsp3) is 0.176. The normalized spacial score (nSPS) is 10.4. The van der Waals surface area contributed by atoms with Gasteiger partial charge in [-0.05, 0) is 26.0 Å². The van der Waals surface area contributed by atoms with Crippen molar-refractivity contribution in [2.24, 2.45) is 0 Å². The molecule has 0 N–H and O–H groups in total. The van der Waals surface area contributed by atoms with E-state index in [0.29, 0.717) is 17.0 Å². The monoisotopic (exact) mass is 335 g/mol. The zero-order valence-corrected chi connectivity index (χ0v) is 13.6. The number of nitriles is 1. The van der Waals surface area contributed by atoms with Crippen molar-refractivity contribution in [2.75, 3.05) is 6.61 Å². The van der Waals surface area contributed by atoms with E-state index in [1.165, 1.54) is 23.1 Å². The van der Waals surface area contributed by atoms with Crippen LogP contribution in [-0.4, -0.2) is 32.3 Å². The zero-order valence-electron chi connectivity index (χ0n) is 13.6. The molecule has 124 valence electrons. The molecule has 8 nitrogen and oxygen atoms in total. The Kier molecular flexibility index (Phi) is 4.22. The van der Waals surface area contributed by atoms with E-state index in [0.717, 1.165) is 0 Å². The topological polar surface area (TPSA) is 111 Å².